The van der Waals surface area contributed by atoms with Crippen LogP contribution in [0.5, 0.6) is 0 Å². The smallest absolute Gasteiger partial charge is 0.411 e. The van der Waals surface area contributed by atoms with E-state index >= 15 is 0 Å². The molecule has 0 bridgehead atoms. The van der Waals surface area contributed by atoms with Crippen molar-refractivity contribution >= 4 is 23.4 Å². The van der Waals surface area contributed by atoms with Crippen LogP contribution in [0.15, 0.2) is 24.3 Å². The van der Waals surface area contributed by atoms with Gasteiger partial charge in [0.1, 0.15) is 6.10 Å². The molecular formula is C15H21ClN2O2. The molecule has 1 atom stereocenters. The number of hydrogen-bond acceptors (Lipinski definition) is 3. The van der Waals surface area contributed by atoms with E-state index in [2.05, 4.69) is 10.2 Å². The number of piperidine rings is 1. The largest absolute Gasteiger partial charge is 0.445 e. The summed E-state index contributed by atoms with van der Waals surface area (Å²) in [6, 6.07) is 7.02. The molecule has 1 aromatic carbocycles. The van der Waals surface area contributed by atoms with Crippen LogP contribution in [0.1, 0.15) is 26.2 Å². The summed E-state index contributed by atoms with van der Waals surface area (Å²) in [4.78, 5) is 14.1. The topological polar surface area (TPSA) is 41.6 Å². The van der Waals surface area contributed by atoms with Crippen molar-refractivity contribution in [2.75, 3.05) is 25.0 Å². The normalized spacial score (nSPS) is 17.5. The Bertz CT molecular complexity index is 447. The number of hydrogen-bond donors (Lipinski definition) is 1. The molecule has 0 radical (unpaired) electrons. The second-order valence-electron chi connectivity index (χ2n) is 5.21. The van der Waals surface area contributed by atoms with Gasteiger partial charge in [-0.25, -0.2) is 4.79 Å². The number of benzene rings is 1. The van der Waals surface area contributed by atoms with Crippen LogP contribution in [0.4, 0.5) is 10.5 Å². The van der Waals surface area contributed by atoms with Crippen molar-refractivity contribution in [3.63, 3.8) is 0 Å². The molecule has 1 saturated heterocycles. The molecule has 0 spiro atoms. The minimum absolute atomic E-state index is 0.118. The van der Waals surface area contributed by atoms with Gasteiger partial charge in [-0.1, -0.05) is 24.1 Å². The Balaban J connectivity index is 1.75. The maximum atomic E-state index is 11.8. The molecule has 20 heavy (non-hydrogen) atoms. The average Bonchev–Trinajstić information content (AvgIpc) is 2.39. The number of carbonyl (C=O) groups is 1. The highest BCUT2D eigenvalue weighted by Crippen LogP contribution is 2.15. The van der Waals surface area contributed by atoms with E-state index in [1.807, 2.05) is 6.92 Å². The Morgan fingerprint density at radius 2 is 2.15 bits per heavy atom. The zero-order chi connectivity index (χ0) is 14.4. The van der Waals surface area contributed by atoms with Crippen molar-refractivity contribution in [2.45, 2.75) is 32.3 Å². The number of likely N-dealkylation sites (tertiary alicyclic amines) is 1. The third-order valence-corrected chi connectivity index (χ3v) is 3.58. The van der Waals surface area contributed by atoms with E-state index < -0.39 is 6.09 Å². The van der Waals surface area contributed by atoms with Crippen LogP contribution < -0.4 is 5.32 Å². The highest BCUT2D eigenvalue weighted by atomic mass is 35.5. The van der Waals surface area contributed by atoms with Gasteiger partial charge in [-0.3, -0.25) is 10.2 Å². The first-order valence-electron chi connectivity index (χ1n) is 7.09. The van der Waals surface area contributed by atoms with E-state index in [0.29, 0.717) is 10.7 Å². The predicted octanol–water partition coefficient (Wildman–Crippen LogP) is 3.76. The van der Waals surface area contributed by atoms with Gasteiger partial charge in [-0.05, 0) is 51.1 Å². The average molecular weight is 297 g/mol. The van der Waals surface area contributed by atoms with Crippen LogP contribution in [0.25, 0.3) is 0 Å². The van der Waals surface area contributed by atoms with Crippen molar-refractivity contribution < 1.29 is 9.53 Å². The Labute approximate surface area is 125 Å². The lowest BCUT2D eigenvalue weighted by atomic mass is 10.1. The molecular weight excluding hydrogens is 276 g/mol. The second-order valence-corrected chi connectivity index (χ2v) is 5.65. The highest BCUT2D eigenvalue weighted by molar-refractivity contribution is 6.30. The Hall–Kier alpha value is -1.26. The number of ether oxygens (including phenoxy) is 1. The van der Waals surface area contributed by atoms with E-state index in [4.69, 9.17) is 16.3 Å². The summed E-state index contributed by atoms with van der Waals surface area (Å²) in [5, 5.41) is 3.27. The van der Waals surface area contributed by atoms with E-state index in [-0.39, 0.29) is 6.10 Å². The first kappa shape index (κ1) is 15.1. The summed E-state index contributed by atoms with van der Waals surface area (Å²) < 4.78 is 5.36. The van der Waals surface area contributed by atoms with Gasteiger partial charge in [0, 0.05) is 17.3 Å². The van der Waals surface area contributed by atoms with Gasteiger partial charge in [0.05, 0.1) is 0 Å². The van der Waals surface area contributed by atoms with Crippen molar-refractivity contribution in [1.82, 2.24) is 4.90 Å². The third-order valence-electron chi connectivity index (χ3n) is 3.34. The number of amides is 1. The Morgan fingerprint density at radius 1 is 1.40 bits per heavy atom. The fourth-order valence-electron chi connectivity index (χ4n) is 2.44. The molecule has 1 heterocycles. The first-order chi connectivity index (χ1) is 9.63. The molecule has 5 heteroatoms. The molecule has 1 aliphatic heterocycles. The number of nitrogens with one attached hydrogen (secondary N) is 1. The molecule has 1 N–H and O–H groups in total. The minimum atomic E-state index is -0.434. The Kier molecular flexibility index (Phi) is 5.68. The maximum absolute atomic E-state index is 11.8. The first-order valence-corrected chi connectivity index (χ1v) is 7.47. The zero-order valence-corrected chi connectivity index (χ0v) is 12.5. The number of nitrogens with zero attached hydrogens (tertiary/aromatic N) is 1. The van der Waals surface area contributed by atoms with Gasteiger partial charge in [0.25, 0.3) is 0 Å². The van der Waals surface area contributed by atoms with Gasteiger partial charge >= 0.3 is 6.09 Å². The third kappa shape index (κ3) is 5.02. The fraction of sp³-hybridized carbons (Fsp3) is 0.533. The van der Waals surface area contributed by atoms with E-state index in [0.717, 1.165) is 19.6 Å². The molecule has 110 valence electrons. The quantitative estimate of drug-likeness (QED) is 0.920. The van der Waals surface area contributed by atoms with Gasteiger partial charge in [-0.15, -0.1) is 0 Å². The summed E-state index contributed by atoms with van der Waals surface area (Å²) in [5.74, 6) is 0. The zero-order valence-electron chi connectivity index (χ0n) is 11.8. The molecule has 1 unspecified atom stereocenters. The molecule has 1 fully saturated rings. The van der Waals surface area contributed by atoms with Gasteiger partial charge < -0.3 is 4.74 Å². The molecule has 1 aliphatic rings. The van der Waals surface area contributed by atoms with Crippen LogP contribution in [-0.2, 0) is 4.74 Å². The summed E-state index contributed by atoms with van der Waals surface area (Å²) in [6.45, 7) is 4.92. The van der Waals surface area contributed by atoms with Crippen molar-refractivity contribution in [3.8, 4) is 0 Å². The van der Waals surface area contributed by atoms with Crippen LogP contribution >= 0.6 is 11.6 Å². The number of rotatable bonds is 4. The van der Waals surface area contributed by atoms with Crippen LogP contribution in [0.2, 0.25) is 5.02 Å². The lowest BCUT2D eigenvalue weighted by molar-refractivity contribution is 0.0833. The molecule has 1 amide bonds. The maximum Gasteiger partial charge on any atom is 0.411 e. The highest BCUT2D eigenvalue weighted by Gasteiger charge is 2.16. The SMILES string of the molecule is CC(CN1CCCCC1)OC(=O)Nc1cccc(Cl)c1. The van der Waals surface area contributed by atoms with E-state index in [1.165, 1.54) is 19.3 Å². The number of carbonyl (C=O) groups excluding carboxylic acids is 1. The Morgan fingerprint density at radius 3 is 2.85 bits per heavy atom. The molecule has 1 aromatic rings. The molecule has 0 aliphatic carbocycles. The van der Waals surface area contributed by atoms with E-state index in [1.54, 1.807) is 24.3 Å². The predicted molar refractivity (Wildman–Crippen MR) is 81.3 cm³/mol. The molecule has 2 rings (SSSR count). The number of anilines is 1. The van der Waals surface area contributed by atoms with Gasteiger partial charge in [0.2, 0.25) is 0 Å². The van der Waals surface area contributed by atoms with Crippen LogP contribution in [0, 0.1) is 0 Å². The summed E-state index contributed by atoms with van der Waals surface area (Å²) >= 11 is 5.86. The van der Waals surface area contributed by atoms with Crippen LogP contribution in [0.3, 0.4) is 0 Å². The monoisotopic (exact) mass is 296 g/mol. The lowest BCUT2D eigenvalue weighted by Crippen LogP contribution is -2.37. The van der Waals surface area contributed by atoms with Crippen molar-refractivity contribution in [1.29, 1.82) is 0 Å². The van der Waals surface area contributed by atoms with Gasteiger partial charge in [-0.2, -0.15) is 0 Å². The number of halogens is 1. The standard InChI is InChI=1S/C15H21ClN2O2/c1-12(11-18-8-3-2-4-9-18)20-15(19)17-14-7-5-6-13(16)10-14/h5-7,10,12H,2-4,8-9,11H2,1H3,(H,17,19). The summed E-state index contributed by atoms with van der Waals surface area (Å²) in [6.07, 6.45) is 3.23. The van der Waals surface area contributed by atoms with Crippen LogP contribution in [-0.4, -0.2) is 36.7 Å². The van der Waals surface area contributed by atoms with E-state index in [9.17, 15) is 4.79 Å². The summed E-state index contributed by atoms with van der Waals surface area (Å²) in [5.41, 5.74) is 0.646. The lowest BCUT2D eigenvalue weighted by Gasteiger charge is -2.28. The fourth-order valence-corrected chi connectivity index (χ4v) is 2.63. The molecule has 0 saturated carbocycles. The van der Waals surface area contributed by atoms with Crippen molar-refractivity contribution in [3.05, 3.63) is 29.3 Å². The van der Waals surface area contributed by atoms with Crippen molar-refractivity contribution in [2.24, 2.45) is 0 Å². The summed E-state index contributed by atoms with van der Waals surface area (Å²) in [7, 11) is 0. The molecule has 0 aromatic heterocycles. The van der Waals surface area contributed by atoms with Gasteiger partial charge in [0.15, 0.2) is 0 Å². The molecule has 4 nitrogen and oxygen atoms in total. The second kappa shape index (κ2) is 7.50. The minimum Gasteiger partial charge on any atom is -0.445 e.